The molecule has 6 N–H and O–H groups in total. The van der Waals surface area contributed by atoms with Crippen LogP contribution in [0, 0.1) is 54.0 Å². The van der Waals surface area contributed by atoms with E-state index < -0.39 is 53.6 Å². The monoisotopic (exact) mass is 2190 g/mol. The van der Waals surface area contributed by atoms with Gasteiger partial charge in [0.05, 0.1) is 52.1 Å². The van der Waals surface area contributed by atoms with E-state index in [0.29, 0.717) is 141 Å². The van der Waals surface area contributed by atoms with Crippen LogP contribution in [-0.2, 0) is 14.2 Å². The van der Waals surface area contributed by atoms with Crippen LogP contribution in [0.2, 0.25) is 55.0 Å². The molecule has 113 heavy (non-hydrogen) atoms. The molecule has 580 valence electrons. The summed E-state index contributed by atoms with van der Waals surface area (Å²) in [6, 6.07) is 36.3. The van der Waals surface area contributed by atoms with Gasteiger partial charge >= 0.3 is 125 Å². The van der Waals surface area contributed by atoms with Crippen molar-refractivity contribution in [2.75, 3.05) is 17.2 Å². The third kappa shape index (κ3) is 24.3. The molecule has 0 aliphatic heterocycles. The number of esters is 1. The van der Waals surface area contributed by atoms with Crippen LogP contribution in [0.3, 0.4) is 0 Å². The number of anilines is 2. The van der Waals surface area contributed by atoms with E-state index in [4.69, 9.17) is 113 Å². The fraction of sp³-hybridized carbons (Fsp3) is 0.173. The molecule has 8 aromatic heterocycles. The van der Waals surface area contributed by atoms with Crippen molar-refractivity contribution < 1.29 is 33.4 Å². The molecule has 8 heterocycles. The van der Waals surface area contributed by atoms with E-state index in [9.17, 15) is 40.2 Å². The number of rotatable bonds is 13. The fourth-order valence-corrected chi connectivity index (χ4v) is 22.3. The standard InChI is InChI=1S/C23H18Cl2N6O2S.C14H8Cl2INO2S.C13H5Cl2IN4S.C12H5Cl2IN2OS.C10H13N2O2.3CH3.Sn/c1-23(2,3)33-22(32)30-17-8-12(6-7-27-17)19-15(10-26)18(14-5-4-13(24)9-16(14)25)20(34-19)21-28-11-29-31-21;1-2-20-14(19)12-11(9(6-18)13(17)21-12)8-4-3-7(15)5-10(8)16;14-6-1-2-7(9(15)3-6)10-8(4-17)12(16)21-11(10)13-18-5-19-20-13;13-5-1-2-6(8(14)3-5)9-7(4-16)11(15)19-10(9)12(17)18;1-10(2,3)14-9(13)12-8-6-4-5-7-11-8;;;;/h4-9,11H,1-3H3,(H,27,30,32)(H,28,29,31);3-5H,2H2,1H3;1-3,5H,(H,18,19,20);1-3H,(H2,17,18);5-7H,1-3H3,(H,11,12,13);3*1H3;. The van der Waals surface area contributed by atoms with Gasteiger partial charge in [0.15, 0.2) is 11.6 Å². The van der Waals surface area contributed by atoms with Crippen LogP contribution in [0.5, 0.6) is 0 Å². The molecular weight excluding hydrogens is 2130 g/mol. The maximum atomic E-state index is 12.2. The zero-order valence-corrected chi connectivity index (χ0v) is 79.1. The number of carbonyl (C=O) groups is 4. The van der Waals surface area contributed by atoms with Gasteiger partial charge in [0, 0.05) is 90.9 Å². The van der Waals surface area contributed by atoms with Crippen molar-refractivity contribution in [2.24, 2.45) is 5.73 Å². The maximum absolute atomic E-state index is 12.2. The van der Waals surface area contributed by atoms with E-state index in [0.717, 1.165) is 21.8 Å². The van der Waals surface area contributed by atoms with Gasteiger partial charge in [-0.15, -0.1) is 45.3 Å². The number of hydrogen-bond donors (Lipinski definition) is 5. The summed E-state index contributed by atoms with van der Waals surface area (Å²) < 4.78 is 19.2. The van der Waals surface area contributed by atoms with E-state index >= 15 is 0 Å². The molecule has 0 bridgehead atoms. The first kappa shape index (κ1) is 91.5. The zero-order valence-electron chi connectivity index (χ0n) is 60.5. The Balaban J connectivity index is 0.000000181. The smallest absolute Gasteiger partial charge is 0.413 e. The number of primary amides is 1. The van der Waals surface area contributed by atoms with Crippen molar-refractivity contribution in [1.29, 1.82) is 21.0 Å². The Morgan fingerprint density at radius 3 is 1.25 bits per heavy atom. The van der Waals surface area contributed by atoms with Gasteiger partial charge in [0.1, 0.15) is 58.1 Å². The molecule has 0 saturated heterocycles. The number of ether oxygens (including phenoxy) is 3. The van der Waals surface area contributed by atoms with Gasteiger partial charge in [0.25, 0.3) is 5.91 Å². The van der Waals surface area contributed by atoms with E-state index in [2.05, 4.69) is 113 Å². The molecule has 0 unspecified atom stereocenters. The Morgan fingerprint density at radius 1 is 0.496 bits per heavy atom. The SMILES string of the molecule is CC(C)(C)OC(=O)Nc1c[c]([Sn]([CH3])([CH3])[CH3])ccn1.CC(C)(C)OC(=O)Nc1cc(-c2sc(-c3ncn[nH]3)c(-c3ccc(Cl)cc3Cl)c2C#N)ccn1.CCOC(=O)c1sc(I)c(C#N)c1-c1ccc(Cl)cc1Cl.N#Cc1c(I)sc(-c2ncn[nH]2)c1-c1ccc(Cl)cc1Cl.N#Cc1c(I)sc(C(N)=O)c1-c1ccc(Cl)cc1Cl. The maximum Gasteiger partial charge on any atom is 0.413 e. The molecule has 0 aliphatic rings. The molecule has 0 radical (unpaired) electrons. The second kappa shape index (κ2) is 40.7. The number of nitrogens with zero attached hydrogens (tertiary/aromatic N) is 10. The van der Waals surface area contributed by atoms with Crippen molar-refractivity contribution in [1.82, 2.24) is 40.3 Å². The predicted octanol–water partition coefficient (Wildman–Crippen LogP) is 24.4. The molecular formula is C75H58Cl8I3N15O7S4Sn. The van der Waals surface area contributed by atoms with E-state index in [1.54, 1.807) is 119 Å². The van der Waals surface area contributed by atoms with Crippen LogP contribution in [-0.4, -0.2) is 101 Å². The quantitative estimate of drug-likeness (QED) is 0.0310. The summed E-state index contributed by atoms with van der Waals surface area (Å²) in [7, 11) is 0. The molecule has 12 rings (SSSR count). The molecule has 0 spiro atoms. The molecule has 38 heteroatoms. The number of benzene rings is 4. The minimum atomic E-state index is -2.12. The summed E-state index contributed by atoms with van der Waals surface area (Å²) in [5.74, 6) is 0.924. The summed E-state index contributed by atoms with van der Waals surface area (Å²) in [6.45, 7) is 12.8. The normalized spacial score (nSPS) is 10.9. The third-order valence-corrected chi connectivity index (χ3v) is 30.4. The Bertz CT molecular complexity index is 5740. The number of aromatic amines is 2. The van der Waals surface area contributed by atoms with Gasteiger partial charge in [-0.1, -0.05) is 117 Å². The second-order valence-corrected chi connectivity index (χ2v) is 53.3. The summed E-state index contributed by atoms with van der Waals surface area (Å²) in [6.07, 6.45) is 5.02. The van der Waals surface area contributed by atoms with Crippen LogP contribution in [0.25, 0.3) is 76.4 Å². The average molecular weight is 2190 g/mol. The fourth-order valence-electron chi connectivity index (χ4n) is 9.95. The van der Waals surface area contributed by atoms with Crippen molar-refractivity contribution in [3.05, 3.63) is 203 Å². The number of thiophene rings is 4. The number of nitriles is 4. The summed E-state index contributed by atoms with van der Waals surface area (Å²) in [4.78, 5) is 74.1. The number of nitrogens with one attached hydrogen (secondary N) is 4. The molecule has 22 nitrogen and oxygen atoms in total. The first-order valence-electron chi connectivity index (χ1n) is 32.5. The summed E-state index contributed by atoms with van der Waals surface area (Å²) >= 11 is 58.2. The van der Waals surface area contributed by atoms with E-state index in [1.165, 1.54) is 61.6 Å². The predicted molar refractivity (Wildman–Crippen MR) is 482 cm³/mol. The molecule has 0 saturated carbocycles. The Hall–Kier alpha value is -6.99. The molecule has 4 aromatic carbocycles. The molecule has 0 aliphatic carbocycles. The largest absolute Gasteiger partial charge is 0.462 e. The van der Waals surface area contributed by atoms with Crippen LogP contribution in [0.1, 0.15) is 90.1 Å². The van der Waals surface area contributed by atoms with Crippen molar-refractivity contribution >= 4 is 264 Å². The number of amides is 3. The van der Waals surface area contributed by atoms with Gasteiger partial charge in [0.2, 0.25) is 0 Å². The van der Waals surface area contributed by atoms with Crippen LogP contribution >= 0.6 is 206 Å². The number of hydrogen-bond acceptors (Lipinski definition) is 21. The Morgan fingerprint density at radius 2 is 0.867 bits per heavy atom. The molecule has 12 aromatic rings. The van der Waals surface area contributed by atoms with Crippen molar-refractivity contribution in [3.63, 3.8) is 0 Å². The van der Waals surface area contributed by atoms with Crippen LogP contribution in [0.15, 0.2) is 122 Å². The summed E-state index contributed by atoms with van der Waals surface area (Å²) in [5, 5.41) is 60.7. The third-order valence-electron chi connectivity index (χ3n) is 14.6. The second-order valence-electron chi connectivity index (χ2n) is 25.9. The van der Waals surface area contributed by atoms with Crippen LogP contribution < -0.4 is 19.9 Å². The number of halogens is 11. The van der Waals surface area contributed by atoms with Gasteiger partial charge < -0.3 is 15.2 Å². The minimum absolute atomic E-state index is 0.267. The van der Waals surface area contributed by atoms with Gasteiger partial charge in [-0.25, -0.2) is 24.5 Å². The van der Waals surface area contributed by atoms with Crippen molar-refractivity contribution in [2.45, 2.75) is 74.5 Å². The minimum Gasteiger partial charge on any atom is -0.462 e. The topological polar surface area (TPSA) is 350 Å². The van der Waals surface area contributed by atoms with Crippen molar-refractivity contribution in [3.8, 4) is 101 Å². The van der Waals surface area contributed by atoms with E-state index in [-0.39, 0.29) is 12.4 Å². The Kier molecular flexibility index (Phi) is 33.0. The summed E-state index contributed by atoms with van der Waals surface area (Å²) in [5.41, 5.74) is 11.6. The molecule has 3 amide bonds. The number of H-pyrrole nitrogens is 2. The number of nitrogens with two attached hydrogens (primary N) is 1. The van der Waals surface area contributed by atoms with Crippen LogP contribution in [0.4, 0.5) is 21.2 Å². The molecule has 0 fully saturated rings. The van der Waals surface area contributed by atoms with E-state index in [1.807, 2.05) is 84.2 Å². The number of carbonyl (C=O) groups excluding carboxylic acids is 4. The van der Waals surface area contributed by atoms with Gasteiger partial charge in [-0.05, 0) is 162 Å². The van der Waals surface area contributed by atoms with Gasteiger partial charge in [-0.3, -0.25) is 20.3 Å². The first-order chi connectivity index (χ1) is 53.3. The molecule has 0 atom stereocenters. The Labute approximate surface area is 750 Å². The average Bonchev–Trinajstić information content (AvgIpc) is 1.62. The number of pyridine rings is 2. The zero-order chi connectivity index (χ0) is 83.1. The van der Waals surface area contributed by atoms with Gasteiger partial charge in [-0.2, -0.15) is 31.2 Å². The number of aromatic nitrogens is 8. The first-order valence-corrected chi connectivity index (χ1v) is 52.0.